The third kappa shape index (κ3) is 4.50. The third-order valence-electron chi connectivity index (χ3n) is 2.92. The molecule has 0 amide bonds. The molecule has 1 aromatic rings. The monoisotopic (exact) mass is 273 g/mol. The van der Waals surface area contributed by atoms with E-state index in [0.717, 1.165) is 13.0 Å². The summed E-state index contributed by atoms with van der Waals surface area (Å²) < 4.78 is 0. The van der Waals surface area contributed by atoms with Gasteiger partial charge in [-0.05, 0) is 36.1 Å². The van der Waals surface area contributed by atoms with E-state index in [1.54, 1.807) is 0 Å². The second kappa shape index (κ2) is 6.08. The Balaban J connectivity index is 2.82. The summed E-state index contributed by atoms with van der Waals surface area (Å²) in [5.41, 5.74) is 1.45. The number of rotatable bonds is 4. The van der Waals surface area contributed by atoms with Crippen LogP contribution in [-0.2, 0) is 6.42 Å². The summed E-state index contributed by atoms with van der Waals surface area (Å²) in [4.78, 5) is 0. The quantitative estimate of drug-likeness (QED) is 0.848. The lowest BCUT2D eigenvalue weighted by Crippen LogP contribution is -2.41. The van der Waals surface area contributed by atoms with Crippen LogP contribution in [-0.4, -0.2) is 12.6 Å². The van der Waals surface area contributed by atoms with Crippen LogP contribution in [0.5, 0.6) is 0 Å². The molecule has 1 nitrogen and oxygen atoms in total. The van der Waals surface area contributed by atoms with Gasteiger partial charge < -0.3 is 5.32 Å². The minimum atomic E-state index is 0.224. The van der Waals surface area contributed by atoms with Gasteiger partial charge in [0.05, 0.1) is 10.0 Å². The van der Waals surface area contributed by atoms with E-state index in [-0.39, 0.29) is 5.41 Å². The van der Waals surface area contributed by atoms with Gasteiger partial charge in [-0.25, -0.2) is 0 Å². The molecule has 1 aromatic carbocycles. The first kappa shape index (κ1) is 14.8. The Hall–Kier alpha value is -0.240. The van der Waals surface area contributed by atoms with E-state index in [1.165, 1.54) is 5.56 Å². The molecular formula is C14H21Cl2N. The van der Waals surface area contributed by atoms with Gasteiger partial charge in [-0.1, -0.05) is 57.0 Å². The standard InChI is InChI=1S/C14H21Cl2N/c1-5-17-13(14(2,3)4)9-10-6-7-11(15)12(16)8-10/h6-8,13,17H,5,9H2,1-4H3. The van der Waals surface area contributed by atoms with Gasteiger partial charge >= 0.3 is 0 Å². The van der Waals surface area contributed by atoms with E-state index in [1.807, 2.05) is 18.2 Å². The molecular weight excluding hydrogens is 253 g/mol. The predicted molar refractivity (Wildman–Crippen MR) is 77.1 cm³/mol. The molecule has 0 saturated carbocycles. The molecule has 96 valence electrons. The van der Waals surface area contributed by atoms with E-state index in [0.29, 0.717) is 16.1 Å². The van der Waals surface area contributed by atoms with E-state index in [2.05, 4.69) is 33.0 Å². The highest BCUT2D eigenvalue weighted by Crippen LogP contribution is 2.26. The largest absolute Gasteiger partial charge is 0.313 e. The van der Waals surface area contributed by atoms with Gasteiger partial charge in [0.1, 0.15) is 0 Å². The van der Waals surface area contributed by atoms with Crippen LogP contribution in [0.2, 0.25) is 10.0 Å². The van der Waals surface area contributed by atoms with Crippen molar-refractivity contribution in [1.82, 2.24) is 5.32 Å². The first-order chi connectivity index (χ1) is 7.84. The van der Waals surface area contributed by atoms with E-state index >= 15 is 0 Å². The number of halogens is 2. The Labute approximate surface area is 115 Å². The van der Waals surface area contributed by atoms with Crippen LogP contribution >= 0.6 is 23.2 Å². The van der Waals surface area contributed by atoms with Crippen molar-refractivity contribution < 1.29 is 0 Å². The van der Waals surface area contributed by atoms with E-state index in [9.17, 15) is 0 Å². The molecule has 0 aliphatic heterocycles. The number of likely N-dealkylation sites (N-methyl/N-ethyl adjacent to an activating group) is 1. The molecule has 1 atom stereocenters. The van der Waals surface area contributed by atoms with Crippen LogP contribution in [0.1, 0.15) is 33.3 Å². The summed E-state index contributed by atoms with van der Waals surface area (Å²) in [5, 5.41) is 4.78. The third-order valence-corrected chi connectivity index (χ3v) is 3.66. The van der Waals surface area contributed by atoms with Crippen molar-refractivity contribution in [2.45, 2.75) is 40.2 Å². The van der Waals surface area contributed by atoms with Crippen LogP contribution in [0.3, 0.4) is 0 Å². The summed E-state index contributed by atoms with van der Waals surface area (Å²) in [6.45, 7) is 9.85. The molecule has 1 unspecified atom stereocenters. The van der Waals surface area contributed by atoms with Gasteiger partial charge in [-0.15, -0.1) is 0 Å². The fourth-order valence-electron chi connectivity index (χ4n) is 1.83. The molecule has 0 spiro atoms. The number of nitrogens with one attached hydrogen (secondary N) is 1. The Kier molecular flexibility index (Phi) is 5.30. The van der Waals surface area contributed by atoms with E-state index in [4.69, 9.17) is 23.2 Å². The fourth-order valence-corrected chi connectivity index (χ4v) is 2.15. The summed E-state index contributed by atoms with van der Waals surface area (Å²) in [6.07, 6.45) is 0.966. The van der Waals surface area contributed by atoms with Gasteiger partial charge in [-0.2, -0.15) is 0 Å². The Morgan fingerprint density at radius 1 is 1.18 bits per heavy atom. The molecule has 0 fully saturated rings. The molecule has 3 heteroatoms. The smallest absolute Gasteiger partial charge is 0.0595 e. The zero-order valence-electron chi connectivity index (χ0n) is 11.0. The van der Waals surface area contributed by atoms with Crippen LogP contribution in [0.25, 0.3) is 0 Å². The second-order valence-corrected chi connectivity index (χ2v) is 6.24. The van der Waals surface area contributed by atoms with Crippen molar-refractivity contribution >= 4 is 23.2 Å². The lowest BCUT2D eigenvalue weighted by atomic mass is 9.83. The molecule has 0 bridgehead atoms. The molecule has 0 aliphatic carbocycles. The lowest BCUT2D eigenvalue weighted by Gasteiger charge is -2.31. The van der Waals surface area contributed by atoms with Crippen LogP contribution in [0, 0.1) is 5.41 Å². The van der Waals surface area contributed by atoms with Gasteiger partial charge in [0.15, 0.2) is 0 Å². The van der Waals surface area contributed by atoms with Crippen LogP contribution in [0.15, 0.2) is 18.2 Å². The molecule has 0 heterocycles. The van der Waals surface area contributed by atoms with Crippen molar-refractivity contribution in [1.29, 1.82) is 0 Å². The van der Waals surface area contributed by atoms with Crippen molar-refractivity contribution in [2.24, 2.45) is 5.41 Å². The SMILES string of the molecule is CCNC(Cc1ccc(Cl)c(Cl)c1)C(C)(C)C. The normalized spacial score (nSPS) is 13.8. The molecule has 17 heavy (non-hydrogen) atoms. The molecule has 1 N–H and O–H groups in total. The number of hydrogen-bond donors (Lipinski definition) is 1. The van der Waals surface area contributed by atoms with Gasteiger partial charge in [0.2, 0.25) is 0 Å². The fraction of sp³-hybridized carbons (Fsp3) is 0.571. The summed E-state index contributed by atoms with van der Waals surface area (Å²) in [6, 6.07) is 6.31. The molecule has 0 radical (unpaired) electrons. The Morgan fingerprint density at radius 3 is 2.29 bits per heavy atom. The van der Waals surface area contributed by atoms with Crippen molar-refractivity contribution in [2.75, 3.05) is 6.54 Å². The average molecular weight is 274 g/mol. The maximum Gasteiger partial charge on any atom is 0.0595 e. The summed E-state index contributed by atoms with van der Waals surface area (Å²) in [7, 11) is 0. The van der Waals surface area contributed by atoms with Gasteiger partial charge in [0.25, 0.3) is 0 Å². The summed E-state index contributed by atoms with van der Waals surface area (Å²) in [5.74, 6) is 0. The van der Waals surface area contributed by atoms with Gasteiger partial charge in [-0.3, -0.25) is 0 Å². The topological polar surface area (TPSA) is 12.0 Å². The molecule has 0 aromatic heterocycles. The Bertz CT molecular complexity index is 369. The first-order valence-corrected chi connectivity index (χ1v) is 6.77. The zero-order valence-corrected chi connectivity index (χ0v) is 12.5. The number of benzene rings is 1. The van der Waals surface area contributed by atoms with Crippen molar-refractivity contribution in [3.8, 4) is 0 Å². The molecule has 0 saturated heterocycles. The minimum absolute atomic E-state index is 0.224. The van der Waals surface area contributed by atoms with Crippen LogP contribution < -0.4 is 5.32 Å². The minimum Gasteiger partial charge on any atom is -0.313 e. The number of hydrogen-bond acceptors (Lipinski definition) is 1. The lowest BCUT2D eigenvalue weighted by molar-refractivity contribution is 0.270. The maximum absolute atomic E-state index is 6.04. The Morgan fingerprint density at radius 2 is 1.82 bits per heavy atom. The predicted octanol–water partition coefficient (Wildman–Crippen LogP) is 4.56. The van der Waals surface area contributed by atoms with Crippen LogP contribution in [0.4, 0.5) is 0 Å². The van der Waals surface area contributed by atoms with Crippen molar-refractivity contribution in [3.63, 3.8) is 0 Å². The highest BCUT2D eigenvalue weighted by atomic mass is 35.5. The summed E-state index contributed by atoms with van der Waals surface area (Å²) >= 11 is 12.0. The molecule has 1 rings (SSSR count). The van der Waals surface area contributed by atoms with Gasteiger partial charge in [0, 0.05) is 6.04 Å². The average Bonchev–Trinajstić information content (AvgIpc) is 2.21. The second-order valence-electron chi connectivity index (χ2n) is 5.43. The van der Waals surface area contributed by atoms with Crippen molar-refractivity contribution in [3.05, 3.63) is 33.8 Å². The molecule has 0 aliphatic rings. The van der Waals surface area contributed by atoms with E-state index < -0.39 is 0 Å². The first-order valence-electron chi connectivity index (χ1n) is 6.02. The maximum atomic E-state index is 6.04. The zero-order chi connectivity index (χ0) is 13.1. The highest BCUT2D eigenvalue weighted by molar-refractivity contribution is 6.42. The highest BCUT2D eigenvalue weighted by Gasteiger charge is 2.23.